The Morgan fingerprint density at radius 1 is 1.23 bits per heavy atom. The summed E-state index contributed by atoms with van der Waals surface area (Å²) in [7, 11) is 1.67. The molecule has 2 heterocycles. The molecule has 0 spiro atoms. The van der Waals surface area contributed by atoms with Crippen LogP contribution in [-0.4, -0.2) is 79.8 Å². The third-order valence-electron chi connectivity index (χ3n) is 5.98. The highest BCUT2D eigenvalue weighted by Crippen LogP contribution is 2.31. The maximum Gasteiger partial charge on any atom is 0.409 e. The van der Waals surface area contributed by atoms with E-state index < -0.39 is 0 Å². The third kappa shape index (κ3) is 6.20. The number of rotatable bonds is 9. The predicted molar refractivity (Wildman–Crippen MR) is 125 cm³/mol. The van der Waals surface area contributed by atoms with Crippen molar-refractivity contribution in [1.29, 1.82) is 0 Å². The zero-order chi connectivity index (χ0) is 22.2. The molecule has 0 aliphatic carbocycles. The number of hydrogen-bond acceptors (Lipinski definition) is 6. The number of piperazine rings is 1. The lowest BCUT2D eigenvalue weighted by molar-refractivity contribution is 0.00686. The summed E-state index contributed by atoms with van der Waals surface area (Å²) >= 11 is 6.34. The van der Waals surface area contributed by atoms with E-state index in [1.165, 1.54) is 0 Å². The molecule has 0 saturated carbocycles. The SMILES string of the molecule is CCCCOC(=O)N1CC(N2CCN(C=CNc3cc(Cl)c(CC)cc3OC)CC2)C1. The number of unbranched alkanes of at least 4 members (excludes halogenated alkanes) is 1. The second-order valence-electron chi connectivity index (χ2n) is 8.06. The molecule has 172 valence electrons. The van der Waals surface area contributed by atoms with E-state index in [0.29, 0.717) is 12.6 Å². The molecule has 2 saturated heterocycles. The number of aryl methyl sites for hydroxylation is 1. The van der Waals surface area contributed by atoms with E-state index >= 15 is 0 Å². The molecule has 0 unspecified atom stereocenters. The minimum atomic E-state index is -0.167. The van der Waals surface area contributed by atoms with Crippen molar-refractivity contribution in [2.75, 3.05) is 58.3 Å². The van der Waals surface area contributed by atoms with Crippen molar-refractivity contribution in [3.63, 3.8) is 0 Å². The van der Waals surface area contributed by atoms with E-state index in [-0.39, 0.29) is 6.09 Å². The van der Waals surface area contributed by atoms with Crippen molar-refractivity contribution >= 4 is 23.4 Å². The van der Waals surface area contributed by atoms with Gasteiger partial charge in [0, 0.05) is 62.7 Å². The van der Waals surface area contributed by atoms with Gasteiger partial charge in [-0.1, -0.05) is 31.9 Å². The van der Waals surface area contributed by atoms with Crippen LogP contribution in [0.1, 0.15) is 32.3 Å². The molecule has 2 aliphatic heterocycles. The number of methoxy groups -OCH3 is 1. The molecule has 1 amide bonds. The van der Waals surface area contributed by atoms with Crippen LogP contribution >= 0.6 is 11.6 Å². The summed E-state index contributed by atoms with van der Waals surface area (Å²) in [4.78, 5) is 18.5. The summed E-state index contributed by atoms with van der Waals surface area (Å²) in [6, 6.07) is 4.35. The van der Waals surface area contributed by atoms with Crippen molar-refractivity contribution in [3.8, 4) is 5.75 Å². The number of carbonyl (C=O) groups is 1. The van der Waals surface area contributed by atoms with Gasteiger partial charge in [-0.15, -0.1) is 0 Å². The summed E-state index contributed by atoms with van der Waals surface area (Å²) in [5, 5.41) is 4.04. The quantitative estimate of drug-likeness (QED) is 0.573. The van der Waals surface area contributed by atoms with Gasteiger partial charge in [-0.3, -0.25) is 4.90 Å². The second kappa shape index (κ2) is 11.5. The topological polar surface area (TPSA) is 57.3 Å². The Kier molecular flexibility index (Phi) is 8.72. The first-order valence-corrected chi connectivity index (χ1v) is 11.6. The van der Waals surface area contributed by atoms with Gasteiger partial charge >= 0.3 is 6.09 Å². The number of nitrogens with zero attached hydrogens (tertiary/aromatic N) is 3. The van der Waals surface area contributed by atoms with E-state index in [0.717, 1.165) is 80.6 Å². The molecule has 1 aromatic rings. The van der Waals surface area contributed by atoms with Crippen LogP contribution in [0.15, 0.2) is 24.5 Å². The Hall–Kier alpha value is -2.12. The average Bonchev–Trinajstić information content (AvgIpc) is 2.74. The number of likely N-dealkylation sites (tertiary alicyclic amines) is 1. The Bertz CT molecular complexity index is 759. The summed E-state index contributed by atoms with van der Waals surface area (Å²) in [6.07, 6.45) is 6.69. The molecule has 0 bridgehead atoms. The molecule has 2 fully saturated rings. The number of carbonyl (C=O) groups excluding carboxylic acids is 1. The lowest BCUT2D eigenvalue weighted by Gasteiger charge is -2.47. The van der Waals surface area contributed by atoms with Crippen molar-refractivity contribution in [2.45, 2.75) is 39.2 Å². The molecule has 31 heavy (non-hydrogen) atoms. The van der Waals surface area contributed by atoms with E-state index in [4.69, 9.17) is 21.1 Å². The summed E-state index contributed by atoms with van der Waals surface area (Å²) in [6.45, 7) is 10.2. The van der Waals surface area contributed by atoms with E-state index in [1.54, 1.807) is 12.0 Å². The van der Waals surface area contributed by atoms with Crippen LogP contribution in [0.25, 0.3) is 0 Å². The molecule has 7 nitrogen and oxygen atoms in total. The third-order valence-corrected chi connectivity index (χ3v) is 6.33. The van der Waals surface area contributed by atoms with Crippen LogP contribution in [0.5, 0.6) is 5.75 Å². The van der Waals surface area contributed by atoms with Gasteiger partial charge in [0.15, 0.2) is 0 Å². The highest BCUT2D eigenvalue weighted by Gasteiger charge is 2.36. The molecule has 0 aromatic heterocycles. The smallest absolute Gasteiger partial charge is 0.409 e. The standard InChI is InChI=1S/C23H35ClN4O3/c1-4-6-13-31-23(29)28-16-19(17-28)27-11-9-26(10-12-27)8-7-25-21-15-20(24)18(5-2)14-22(21)30-3/h7-8,14-15,19,25H,4-6,9-13,16-17H2,1-3H3. The van der Waals surface area contributed by atoms with Crippen molar-refractivity contribution in [3.05, 3.63) is 35.1 Å². The molecule has 1 N–H and O–H groups in total. The first kappa shape index (κ1) is 23.5. The van der Waals surface area contributed by atoms with Gasteiger partial charge in [-0.2, -0.15) is 0 Å². The van der Waals surface area contributed by atoms with Crippen LogP contribution in [-0.2, 0) is 11.2 Å². The van der Waals surface area contributed by atoms with E-state index in [9.17, 15) is 4.79 Å². The molecule has 3 rings (SSSR count). The van der Waals surface area contributed by atoms with Gasteiger partial charge in [0.05, 0.1) is 19.4 Å². The van der Waals surface area contributed by atoms with Gasteiger partial charge in [0.25, 0.3) is 0 Å². The molecular formula is C23H35ClN4O3. The van der Waals surface area contributed by atoms with Crippen LogP contribution in [0.4, 0.5) is 10.5 Å². The van der Waals surface area contributed by atoms with Gasteiger partial charge in [0.2, 0.25) is 0 Å². The Balaban J connectivity index is 1.40. The largest absolute Gasteiger partial charge is 0.495 e. The highest BCUT2D eigenvalue weighted by atomic mass is 35.5. The Morgan fingerprint density at radius 3 is 2.61 bits per heavy atom. The number of anilines is 1. The zero-order valence-corrected chi connectivity index (χ0v) is 19.7. The fourth-order valence-corrected chi connectivity index (χ4v) is 4.16. The maximum absolute atomic E-state index is 12.0. The Morgan fingerprint density at radius 2 is 1.97 bits per heavy atom. The monoisotopic (exact) mass is 450 g/mol. The summed E-state index contributed by atoms with van der Waals surface area (Å²) in [5.74, 6) is 0.790. The lowest BCUT2D eigenvalue weighted by Crippen LogP contribution is -2.63. The van der Waals surface area contributed by atoms with Crippen LogP contribution in [0.2, 0.25) is 5.02 Å². The fraction of sp³-hybridized carbons (Fsp3) is 0.609. The maximum atomic E-state index is 12.0. The van der Waals surface area contributed by atoms with Crippen LogP contribution in [0, 0.1) is 0 Å². The molecule has 1 aromatic carbocycles. The summed E-state index contributed by atoms with van der Waals surface area (Å²) < 4.78 is 10.8. The normalized spacial score (nSPS) is 17.7. The summed E-state index contributed by atoms with van der Waals surface area (Å²) in [5.41, 5.74) is 1.94. The highest BCUT2D eigenvalue weighted by molar-refractivity contribution is 6.31. The van der Waals surface area contributed by atoms with Crippen molar-refractivity contribution < 1.29 is 14.3 Å². The molecule has 8 heteroatoms. The molecule has 2 aliphatic rings. The fourth-order valence-electron chi connectivity index (χ4n) is 3.86. The average molecular weight is 451 g/mol. The van der Waals surface area contributed by atoms with Crippen LogP contribution < -0.4 is 10.1 Å². The predicted octanol–water partition coefficient (Wildman–Crippen LogP) is 4.03. The number of halogens is 1. The minimum Gasteiger partial charge on any atom is -0.495 e. The zero-order valence-electron chi connectivity index (χ0n) is 18.9. The second-order valence-corrected chi connectivity index (χ2v) is 8.46. The van der Waals surface area contributed by atoms with Gasteiger partial charge in [-0.25, -0.2) is 4.79 Å². The van der Waals surface area contributed by atoms with Gasteiger partial charge in [-0.05, 0) is 30.5 Å². The number of amides is 1. The molecular weight excluding hydrogens is 416 g/mol. The van der Waals surface area contributed by atoms with Crippen LogP contribution in [0.3, 0.4) is 0 Å². The van der Waals surface area contributed by atoms with Crippen molar-refractivity contribution in [1.82, 2.24) is 14.7 Å². The first-order valence-electron chi connectivity index (χ1n) is 11.2. The first-order chi connectivity index (χ1) is 15.0. The number of ether oxygens (including phenoxy) is 2. The van der Waals surface area contributed by atoms with Gasteiger partial charge in [0.1, 0.15) is 5.75 Å². The lowest BCUT2D eigenvalue weighted by atomic mass is 10.1. The number of nitrogens with one attached hydrogen (secondary N) is 1. The Labute approximate surface area is 190 Å². The van der Waals surface area contributed by atoms with Gasteiger partial charge < -0.3 is 24.6 Å². The van der Waals surface area contributed by atoms with E-state index in [1.807, 2.05) is 18.3 Å². The number of benzene rings is 1. The van der Waals surface area contributed by atoms with E-state index in [2.05, 4.69) is 35.2 Å². The molecule has 0 atom stereocenters. The van der Waals surface area contributed by atoms with Crippen molar-refractivity contribution in [2.24, 2.45) is 0 Å². The minimum absolute atomic E-state index is 0.167. The number of hydrogen-bond donors (Lipinski definition) is 1. The molecule has 0 radical (unpaired) electrons.